The Morgan fingerprint density at radius 3 is 2.44 bits per heavy atom. The van der Waals surface area contributed by atoms with Crippen molar-refractivity contribution in [3.05, 3.63) is 59.9 Å². The van der Waals surface area contributed by atoms with Crippen molar-refractivity contribution in [1.29, 1.82) is 0 Å². The Morgan fingerprint density at radius 2 is 1.75 bits per heavy atom. The summed E-state index contributed by atoms with van der Waals surface area (Å²) >= 11 is 0. The van der Waals surface area contributed by atoms with Gasteiger partial charge in [-0.15, -0.1) is 0 Å². The summed E-state index contributed by atoms with van der Waals surface area (Å²) in [7, 11) is 0. The molecule has 2 saturated heterocycles. The quantitative estimate of drug-likeness (QED) is 0.689. The van der Waals surface area contributed by atoms with E-state index < -0.39 is 11.9 Å². The summed E-state index contributed by atoms with van der Waals surface area (Å²) in [4.78, 5) is 39.6. The van der Waals surface area contributed by atoms with Crippen molar-refractivity contribution in [2.24, 2.45) is 0 Å². The Bertz CT molecular complexity index is 922. The van der Waals surface area contributed by atoms with Gasteiger partial charge < -0.3 is 20.0 Å². The zero-order valence-corrected chi connectivity index (χ0v) is 18.0. The number of piperidine rings is 1. The van der Waals surface area contributed by atoms with Gasteiger partial charge in [-0.2, -0.15) is 0 Å². The topological polar surface area (TPSA) is 111 Å². The zero-order chi connectivity index (χ0) is 22.9. The molecule has 1 unspecified atom stereocenters. The van der Waals surface area contributed by atoms with Gasteiger partial charge in [-0.3, -0.25) is 9.78 Å². The lowest BCUT2D eigenvalue weighted by molar-refractivity contribution is -0.159. The van der Waals surface area contributed by atoms with E-state index in [2.05, 4.69) is 40.2 Å². The molecule has 3 heterocycles. The van der Waals surface area contributed by atoms with Gasteiger partial charge in [0.1, 0.15) is 0 Å². The molecule has 1 aromatic heterocycles. The van der Waals surface area contributed by atoms with Crippen LogP contribution in [0.2, 0.25) is 0 Å². The number of hydrogen-bond acceptors (Lipinski definition) is 5. The van der Waals surface area contributed by atoms with E-state index in [0.29, 0.717) is 12.3 Å². The Hall–Kier alpha value is -3.26. The van der Waals surface area contributed by atoms with Crippen LogP contribution in [0.5, 0.6) is 0 Å². The number of carboxylic acids is 2. The van der Waals surface area contributed by atoms with Gasteiger partial charge >= 0.3 is 11.9 Å². The molecule has 0 radical (unpaired) electrons. The SMILES string of the molecule is O=C(O)C(=O)O.O=C1CCCCN1c1ccccc1CCN1CCC(c2ccccn2)C1. The average Bonchev–Trinajstić information content (AvgIpc) is 3.28. The number of nitrogens with zero attached hydrogens (tertiary/aromatic N) is 3. The largest absolute Gasteiger partial charge is 0.473 e. The number of aliphatic carboxylic acids is 2. The molecular formula is C24H29N3O5. The molecular weight excluding hydrogens is 410 g/mol. The van der Waals surface area contributed by atoms with Crippen LogP contribution >= 0.6 is 0 Å². The zero-order valence-electron chi connectivity index (χ0n) is 18.0. The van der Waals surface area contributed by atoms with Crippen molar-refractivity contribution in [3.63, 3.8) is 0 Å². The number of likely N-dealkylation sites (tertiary alicyclic amines) is 1. The highest BCUT2D eigenvalue weighted by Crippen LogP contribution is 2.28. The third-order valence-corrected chi connectivity index (χ3v) is 5.86. The van der Waals surface area contributed by atoms with Gasteiger partial charge in [0.05, 0.1) is 0 Å². The van der Waals surface area contributed by atoms with Gasteiger partial charge in [-0.1, -0.05) is 24.3 Å². The molecule has 2 N–H and O–H groups in total. The van der Waals surface area contributed by atoms with E-state index in [1.54, 1.807) is 0 Å². The molecule has 2 aliphatic heterocycles. The number of amides is 1. The number of anilines is 1. The van der Waals surface area contributed by atoms with Crippen molar-refractivity contribution < 1.29 is 24.6 Å². The fourth-order valence-electron chi connectivity index (χ4n) is 4.22. The third-order valence-electron chi connectivity index (χ3n) is 5.86. The molecule has 1 amide bonds. The van der Waals surface area contributed by atoms with E-state index in [4.69, 9.17) is 19.8 Å². The Balaban J connectivity index is 0.000000427. The van der Waals surface area contributed by atoms with Crippen LogP contribution in [-0.2, 0) is 20.8 Å². The summed E-state index contributed by atoms with van der Waals surface area (Å²) in [5.41, 5.74) is 3.64. The Labute approximate surface area is 187 Å². The second-order valence-electron chi connectivity index (χ2n) is 8.03. The number of pyridine rings is 1. The molecule has 4 rings (SSSR count). The van der Waals surface area contributed by atoms with Crippen LogP contribution in [0.1, 0.15) is 42.9 Å². The number of para-hydroxylation sites is 1. The van der Waals surface area contributed by atoms with Crippen LogP contribution in [0.3, 0.4) is 0 Å². The highest BCUT2D eigenvalue weighted by atomic mass is 16.4. The van der Waals surface area contributed by atoms with Gasteiger partial charge in [0.2, 0.25) is 5.91 Å². The molecule has 170 valence electrons. The minimum absolute atomic E-state index is 0.278. The monoisotopic (exact) mass is 439 g/mol. The molecule has 8 heteroatoms. The maximum Gasteiger partial charge on any atom is 0.414 e. The molecule has 0 saturated carbocycles. The van der Waals surface area contributed by atoms with Crippen LogP contribution in [0, 0.1) is 0 Å². The molecule has 0 bridgehead atoms. The molecule has 32 heavy (non-hydrogen) atoms. The number of benzene rings is 1. The van der Waals surface area contributed by atoms with Crippen molar-refractivity contribution >= 4 is 23.5 Å². The second kappa shape index (κ2) is 11.4. The van der Waals surface area contributed by atoms with Crippen LogP contribution in [0.15, 0.2) is 48.7 Å². The van der Waals surface area contributed by atoms with Gasteiger partial charge in [0.25, 0.3) is 0 Å². The fraction of sp³-hybridized carbons (Fsp3) is 0.417. The number of carboxylic acid groups (broad SMARTS) is 2. The summed E-state index contributed by atoms with van der Waals surface area (Å²) in [6.45, 7) is 4.12. The summed E-state index contributed by atoms with van der Waals surface area (Å²) in [6.07, 6.45) is 6.90. The van der Waals surface area contributed by atoms with Crippen LogP contribution in [-0.4, -0.2) is 64.1 Å². The first-order chi connectivity index (χ1) is 15.5. The van der Waals surface area contributed by atoms with Crippen LogP contribution in [0.25, 0.3) is 0 Å². The minimum atomic E-state index is -1.82. The Kier molecular flexibility index (Phi) is 8.33. The first-order valence-corrected chi connectivity index (χ1v) is 10.9. The van der Waals surface area contributed by atoms with Gasteiger partial charge in [0.15, 0.2) is 0 Å². The van der Waals surface area contributed by atoms with Crippen molar-refractivity contribution in [2.75, 3.05) is 31.1 Å². The highest BCUT2D eigenvalue weighted by molar-refractivity contribution is 6.27. The number of aromatic nitrogens is 1. The fourth-order valence-corrected chi connectivity index (χ4v) is 4.22. The minimum Gasteiger partial charge on any atom is -0.473 e. The van der Waals surface area contributed by atoms with E-state index in [1.165, 1.54) is 17.7 Å². The second-order valence-corrected chi connectivity index (χ2v) is 8.03. The molecule has 2 aromatic rings. The van der Waals surface area contributed by atoms with E-state index in [1.807, 2.05) is 23.2 Å². The predicted molar refractivity (Wildman–Crippen MR) is 120 cm³/mol. The van der Waals surface area contributed by atoms with Gasteiger partial charge in [-0.05, 0) is 56.0 Å². The van der Waals surface area contributed by atoms with E-state index in [0.717, 1.165) is 51.1 Å². The van der Waals surface area contributed by atoms with E-state index >= 15 is 0 Å². The molecule has 1 aromatic carbocycles. The Morgan fingerprint density at radius 1 is 1.00 bits per heavy atom. The lowest BCUT2D eigenvalue weighted by atomic mass is 10.0. The van der Waals surface area contributed by atoms with Crippen molar-refractivity contribution in [2.45, 2.75) is 38.0 Å². The lowest BCUT2D eigenvalue weighted by Crippen LogP contribution is -2.36. The standard InChI is InChI=1S/C22H27N3O.C2H2O4/c26-22-10-4-6-14-25(22)21-9-2-1-7-18(21)11-15-24-16-12-19(17-24)20-8-3-5-13-23-20;3-1(4)2(5)6/h1-3,5,7-9,13,19H,4,6,10-12,14-17H2;(H,3,4)(H,5,6). The van der Waals surface area contributed by atoms with Crippen molar-refractivity contribution in [1.82, 2.24) is 9.88 Å². The predicted octanol–water partition coefficient (Wildman–Crippen LogP) is 2.79. The third kappa shape index (κ3) is 6.37. The van der Waals surface area contributed by atoms with Gasteiger partial charge in [-0.25, -0.2) is 9.59 Å². The lowest BCUT2D eigenvalue weighted by Gasteiger charge is -2.29. The normalized spacial score (nSPS) is 18.7. The molecule has 8 nitrogen and oxygen atoms in total. The van der Waals surface area contributed by atoms with E-state index in [-0.39, 0.29) is 5.91 Å². The number of carbonyl (C=O) groups excluding carboxylic acids is 1. The summed E-state index contributed by atoms with van der Waals surface area (Å²) < 4.78 is 0. The number of carbonyl (C=O) groups is 3. The van der Waals surface area contributed by atoms with Crippen LogP contribution in [0.4, 0.5) is 5.69 Å². The summed E-state index contributed by atoms with van der Waals surface area (Å²) in [5.74, 6) is -2.82. The first-order valence-electron chi connectivity index (χ1n) is 10.9. The molecule has 1 atom stereocenters. The maximum absolute atomic E-state index is 12.3. The number of rotatable bonds is 5. The summed E-state index contributed by atoms with van der Waals surface area (Å²) in [5, 5.41) is 14.8. The highest BCUT2D eigenvalue weighted by Gasteiger charge is 2.25. The smallest absolute Gasteiger partial charge is 0.414 e. The summed E-state index contributed by atoms with van der Waals surface area (Å²) in [6, 6.07) is 14.6. The van der Waals surface area contributed by atoms with Gasteiger partial charge in [0, 0.05) is 49.6 Å². The first kappa shape index (κ1) is 23.4. The average molecular weight is 440 g/mol. The molecule has 0 aliphatic carbocycles. The maximum atomic E-state index is 12.3. The van der Waals surface area contributed by atoms with E-state index in [9.17, 15) is 4.79 Å². The number of hydrogen-bond donors (Lipinski definition) is 2. The molecule has 2 fully saturated rings. The molecule has 0 spiro atoms. The van der Waals surface area contributed by atoms with Crippen LogP contribution < -0.4 is 4.90 Å². The molecule has 2 aliphatic rings. The van der Waals surface area contributed by atoms with Crippen molar-refractivity contribution in [3.8, 4) is 0 Å².